The molecule has 0 radical (unpaired) electrons. The fraction of sp³-hybridized carbons (Fsp3) is 0.235. The molecule has 2 aromatic heterocycles. The maximum absolute atomic E-state index is 12.3. The first-order valence-electron chi connectivity index (χ1n) is 7.93. The minimum Gasteiger partial charge on any atom is -0.325 e. The molecule has 7 nitrogen and oxygen atoms in total. The number of hydrogen-bond acceptors (Lipinski definition) is 7. The quantitative estimate of drug-likeness (QED) is 0.482. The molecule has 0 fully saturated rings. The van der Waals surface area contributed by atoms with E-state index in [0.717, 1.165) is 20.8 Å². The monoisotopic (exact) mass is 422 g/mol. The Labute approximate surface area is 165 Å². The highest BCUT2D eigenvalue weighted by Gasteiger charge is 2.15. The molecule has 1 aromatic carbocycles. The molecule has 0 spiro atoms. The molecular formula is C17H18N4O3S3. The van der Waals surface area contributed by atoms with Crippen molar-refractivity contribution in [2.45, 2.75) is 30.7 Å². The average Bonchev–Trinajstić information content (AvgIpc) is 2.89. The molecule has 0 bridgehead atoms. The molecule has 0 aliphatic rings. The van der Waals surface area contributed by atoms with Crippen molar-refractivity contribution in [3.05, 3.63) is 40.5 Å². The lowest BCUT2D eigenvalue weighted by Crippen LogP contribution is -2.17. The van der Waals surface area contributed by atoms with Gasteiger partial charge >= 0.3 is 0 Å². The lowest BCUT2D eigenvalue weighted by Gasteiger charge is -2.09. The van der Waals surface area contributed by atoms with Gasteiger partial charge < -0.3 is 5.32 Å². The SMILES string of the molecule is Cc1ccc(NC(=O)CSc2ncnc3sc(C)c(C)c23)cc1S(N)(=O)=O. The molecule has 1 amide bonds. The predicted molar refractivity (Wildman–Crippen MR) is 109 cm³/mol. The number of rotatable bonds is 5. The highest BCUT2D eigenvalue weighted by atomic mass is 32.2. The second kappa shape index (κ2) is 7.55. The zero-order valence-electron chi connectivity index (χ0n) is 14.9. The summed E-state index contributed by atoms with van der Waals surface area (Å²) in [7, 11) is -3.85. The third-order valence-electron chi connectivity index (χ3n) is 4.05. The van der Waals surface area contributed by atoms with Gasteiger partial charge in [-0.1, -0.05) is 17.8 Å². The van der Waals surface area contributed by atoms with Crippen molar-refractivity contribution in [3.63, 3.8) is 0 Å². The van der Waals surface area contributed by atoms with Crippen molar-refractivity contribution in [1.29, 1.82) is 0 Å². The van der Waals surface area contributed by atoms with Crippen LogP contribution in [0.2, 0.25) is 0 Å². The van der Waals surface area contributed by atoms with Gasteiger partial charge in [-0.05, 0) is 44.0 Å². The van der Waals surface area contributed by atoms with E-state index in [0.29, 0.717) is 11.3 Å². The molecular weight excluding hydrogens is 404 g/mol. The number of benzene rings is 1. The molecule has 2 heterocycles. The van der Waals surface area contributed by atoms with Gasteiger partial charge in [0.1, 0.15) is 16.2 Å². The van der Waals surface area contributed by atoms with Crippen molar-refractivity contribution in [2.75, 3.05) is 11.1 Å². The maximum Gasteiger partial charge on any atom is 0.238 e. The Balaban J connectivity index is 1.75. The van der Waals surface area contributed by atoms with E-state index in [1.807, 2.05) is 13.8 Å². The van der Waals surface area contributed by atoms with E-state index in [1.165, 1.54) is 29.0 Å². The zero-order valence-corrected chi connectivity index (χ0v) is 17.4. The van der Waals surface area contributed by atoms with Crippen LogP contribution >= 0.6 is 23.1 Å². The van der Waals surface area contributed by atoms with Crippen LogP contribution in [-0.4, -0.2) is 30.0 Å². The maximum atomic E-state index is 12.3. The molecule has 3 aromatic rings. The number of amides is 1. The Morgan fingerprint density at radius 3 is 2.70 bits per heavy atom. The van der Waals surface area contributed by atoms with Gasteiger partial charge in [0.25, 0.3) is 0 Å². The molecule has 3 N–H and O–H groups in total. The Bertz CT molecular complexity index is 1140. The number of nitrogens with zero attached hydrogens (tertiary/aromatic N) is 2. The van der Waals surface area contributed by atoms with Crippen molar-refractivity contribution >= 4 is 54.9 Å². The van der Waals surface area contributed by atoms with Gasteiger partial charge in [0.2, 0.25) is 15.9 Å². The molecule has 27 heavy (non-hydrogen) atoms. The number of aryl methyl sites for hydroxylation is 3. The molecule has 0 aliphatic heterocycles. The second-order valence-corrected chi connectivity index (χ2v) is 9.70. The van der Waals surface area contributed by atoms with E-state index in [2.05, 4.69) is 15.3 Å². The van der Waals surface area contributed by atoms with Crippen molar-refractivity contribution in [1.82, 2.24) is 9.97 Å². The summed E-state index contributed by atoms with van der Waals surface area (Å²) in [5, 5.41) is 9.63. The number of sulfonamides is 1. The van der Waals surface area contributed by atoms with Crippen LogP contribution in [0.1, 0.15) is 16.0 Å². The van der Waals surface area contributed by atoms with Crippen LogP contribution in [0.3, 0.4) is 0 Å². The minimum atomic E-state index is -3.85. The smallest absolute Gasteiger partial charge is 0.238 e. The third kappa shape index (κ3) is 4.29. The van der Waals surface area contributed by atoms with Gasteiger partial charge in [-0.15, -0.1) is 11.3 Å². The zero-order chi connectivity index (χ0) is 19.8. The van der Waals surface area contributed by atoms with Gasteiger partial charge in [-0.25, -0.2) is 23.5 Å². The third-order valence-corrected chi connectivity index (χ3v) is 7.21. The minimum absolute atomic E-state index is 0.00478. The van der Waals surface area contributed by atoms with Crippen LogP contribution < -0.4 is 10.5 Å². The van der Waals surface area contributed by atoms with Crippen LogP contribution in [0.25, 0.3) is 10.2 Å². The number of aromatic nitrogens is 2. The molecule has 0 aliphatic carbocycles. The Kier molecular flexibility index (Phi) is 5.52. The van der Waals surface area contributed by atoms with Crippen LogP contribution in [0.5, 0.6) is 0 Å². The van der Waals surface area contributed by atoms with Crippen LogP contribution in [0, 0.1) is 20.8 Å². The number of hydrogen-bond donors (Lipinski definition) is 2. The molecule has 10 heteroatoms. The van der Waals surface area contributed by atoms with Crippen molar-refractivity contribution < 1.29 is 13.2 Å². The topological polar surface area (TPSA) is 115 Å². The van der Waals surface area contributed by atoms with E-state index in [4.69, 9.17) is 5.14 Å². The summed E-state index contributed by atoms with van der Waals surface area (Å²) in [4.78, 5) is 23.0. The Hall–Kier alpha value is -2.01. The fourth-order valence-electron chi connectivity index (χ4n) is 2.57. The number of thioether (sulfide) groups is 1. The standard InChI is InChI=1S/C17H18N4O3S3/c1-9-4-5-12(6-13(9)27(18,23)24)21-14(22)7-25-16-15-10(2)11(3)26-17(15)20-8-19-16/h4-6,8H,7H2,1-3H3,(H,21,22)(H2,18,23,24). The van der Waals surface area contributed by atoms with Gasteiger partial charge in [0.05, 0.1) is 10.6 Å². The summed E-state index contributed by atoms with van der Waals surface area (Å²) >= 11 is 2.92. The van der Waals surface area contributed by atoms with E-state index >= 15 is 0 Å². The summed E-state index contributed by atoms with van der Waals surface area (Å²) in [6, 6.07) is 4.61. The first-order chi connectivity index (χ1) is 12.7. The highest BCUT2D eigenvalue weighted by molar-refractivity contribution is 8.00. The summed E-state index contributed by atoms with van der Waals surface area (Å²) in [5.41, 5.74) is 2.03. The first-order valence-corrected chi connectivity index (χ1v) is 11.3. The molecule has 142 valence electrons. The number of carbonyl (C=O) groups excluding carboxylic acids is 1. The summed E-state index contributed by atoms with van der Waals surface area (Å²) in [6.07, 6.45) is 1.50. The number of carbonyl (C=O) groups is 1. The normalized spacial score (nSPS) is 11.7. The van der Waals surface area contributed by atoms with E-state index in [1.54, 1.807) is 30.4 Å². The van der Waals surface area contributed by atoms with E-state index in [-0.39, 0.29) is 16.6 Å². The number of anilines is 1. The van der Waals surface area contributed by atoms with Gasteiger partial charge in [-0.3, -0.25) is 4.79 Å². The number of fused-ring (bicyclic) bond motifs is 1. The lowest BCUT2D eigenvalue weighted by atomic mass is 10.2. The fourth-order valence-corrected chi connectivity index (χ4v) is 5.30. The van der Waals surface area contributed by atoms with E-state index in [9.17, 15) is 13.2 Å². The number of primary sulfonamides is 1. The lowest BCUT2D eigenvalue weighted by molar-refractivity contribution is -0.113. The van der Waals surface area contributed by atoms with Gasteiger partial charge in [-0.2, -0.15) is 0 Å². The summed E-state index contributed by atoms with van der Waals surface area (Å²) < 4.78 is 23.2. The molecule has 3 rings (SSSR count). The van der Waals surface area contributed by atoms with Crippen molar-refractivity contribution in [2.24, 2.45) is 5.14 Å². The number of thiophene rings is 1. The van der Waals surface area contributed by atoms with E-state index < -0.39 is 10.0 Å². The summed E-state index contributed by atoms with van der Waals surface area (Å²) in [5.74, 6) is -0.125. The van der Waals surface area contributed by atoms with Crippen molar-refractivity contribution in [3.8, 4) is 0 Å². The molecule has 0 atom stereocenters. The predicted octanol–water partition coefficient (Wildman–Crippen LogP) is 2.99. The average molecular weight is 423 g/mol. The number of nitrogens with one attached hydrogen (secondary N) is 1. The Morgan fingerprint density at radius 1 is 1.26 bits per heavy atom. The molecule has 0 saturated heterocycles. The van der Waals surface area contributed by atoms with Gasteiger partial charge in [0.15, 0.2) is 0 Å². The van der Waals surface area contributed by atoms with Crippen LogP contribution in [-0.2, 0) is 14.8 Å². The Morgan fingerprint density at radius 2 is 2.00 bits per heavy atom. The first kappa shape index (κ1) is 19.7. The molecule has 0 unspecified atom stereocenters. The largest absolute Gasteiger partial charge is 0.325 e. The van der Waals surface area contributed by atoms with Crippen LogP contribution in [0.15, 0.2) is 34.4 Å². The number of nitrogens with two attached hydrogens (primary N) is 1. The highest BCUT2D eigenvalue weighted by Crippen LogP contribution is 2.34. The van der Waals surface area contributed by atoms with Gasteiger partial charge in [0, 0.05) is 16.0 Å². The molecule has 0 saturated carbocycles. The second-order valence-electron chi connectivity index (χ2n) is 6.00. The van der Waals surface area contributed by atoms with Crippen LogP contribution in [0.4, 0.5) is 5.69 Å². The summed E-state index contributed by atoms with van der Waals surface area (Å²) in [6.45, 7) is 5.69.